The molecule has 3 heteroatoms. The summed E-state index contributed by atoms with van der Waals surface area (Å²) in [5, 5.41) is 7.89. The third-order valence-electron chi connectivity index (χ3n) is 1.98. The Labute approximate surface area is 98.6 Å². The van der Waals surface area contributed by atoms with Crippen molar-refractivity contribution >= 4 is 11.8 Å². The van der Waals surface area contributed by atoms with Gasteiger partial charge in [0.05, 0.1) is 0 Å². The lowest BCUT2D eigenvalue weighted by Crippen LogP contribution is -1.96. The molecule has 0 spiro atoms. The van der Waals surface area contributed by atoms with E-state index in [4.69, 9.17) is 5.11 Å². The highest BCUT2D eigenvalue weighted by molar-refractivity contribution is 5.84. The lowest BCUT2D eigenvalue weighted by atomic mass is 10.1. The number of carbonyl (C=O) groups excluding carboxylic acids is 1. The normalized spacial score (nSPS) is 8.94. The lowest BCUT2D eigenvalue weighted by molar-refractivity contribution is -0.132. The molecule has 0 unspecified atom stereocenters. The van der Waals surface area contributed by atoms with Crippen molar-refractivity contribution in [3.63, 3.8) is 0 Å². The maximum Gasteiger partial charge on any atom is 0.330 e. The van der Waals surface area contributed by atoms with Gasteiger partial charge in [-0.2, -0.15) is 0 Å². The Kier molecular flexibility index (Phi) is 12.9. The average Bonchev–Trinajstić information content (AvgIpc) is 2.24. The van der Waals surface area contributed by atoms with Crippen LogP contribution in [0.4, 0.5) is 0 Å². The number of carbonyl (C=O) groups is 2. The van der Waals surface area contributed by atoms with Crippen LogP contribution in [0.2, 0.25) is 0 Å². The molecule has 94 valence electrons. The number of aliphatic carboxylic acids is 1. The summed E-state index contributed by atoms with van der Waals surface area (Å²) in [7, 11) is 0. The smallest absolute Gasteiger partial charge is 0.330 e. The number of hydrogen-bond acceptors (Lipinski definition) is 2. The SMILES string of the molecule is C=C(C)C(=O)O.CCCCC(=O)CCCC. The number of rotatable bonds is 7. The molecule has 0 rings (SSSR count). The molecule has 1 N–H and O–H groups in total. The Morgan fingerprint density at radius 3 is 1.56 bits per heavy atom. The van der Waals surface area contributed by atoms with Crippen molar-refractivity contribution in [2.75, 3.05) is 0 Å². The van der Waals surface area contributed by atoms with E-state index in [0.717, 1.165) is 38.5 Å². The van der Waals surface area contributed by atoms with Gasteiger partial charge in [0.25, 0.3) is 0 Å². The fraction of sp³-hybridized carbons (Fsp3) is 0.692. The van der Waals surface area contributed by atoms with Gasteiger partial charge in [-0.25, -0.2) is 4.79 Å². The van der Waals surface area contributed by atoms with E-state index in [0.29, 0.717) is 5.78 Å². The molecule has 0 saturated heterocycles. The Bertz CT molecular complexity index is 197. The van der Waals surface area contributed by atoms with Crippen molar-refractivity contribution in [1.82, 2.24) is 0 Å². The summed E-state index contributed by atoms with van der Waals surface area (Å²) >= 11 is 0. The maximum absolute atomic E-state index is 11.0. The second-order valence-electron chi connectivity index (χ2n) is 3.83. The molecule has 0 saturated carbocycles. The summed E-state index contributed by atoms with van der Waals surface area (Å²) in [5.41, 5.74) is 0.176. The molecule has 0 amide bonds. The van der Waals surface area contributed by atoms with Gasteiger partial charge in [-0.05, 0) is 19.8 Å². The van der Waals surface area contributed by atoms with E-state index in [1.54, 1.807) is 0 Å². The number of hydrogen-bond donors (Lipinski definition) is 1. The third kappa shape index (κ3) is 15.4. The van der Waals surface area contributed by atoms with Crippen LogP contribution in [-0.2, 0) is 9.59 Å². The number of carboxylic acids is 1. The minimum atomic E-state index is -0.935. The Balaban J connectivity index is 0. The van der Waals surface area contributed by atoms with Crippen LogP contribution < -0.4 is 0 Å². The fourth-order valence-corrected chi connectivity index (χ4v) is 0.873. The molecule has 16 heavy (non-hydrogen) atoms. The average molecular weight is 228 g/mol. The van der Waals surface area contributed by atoms with Crippen LogP contribution in [0, 0.1) is 0 Å². The first-order valence-corrected chi connectivity index (χ1v) is 5.86. The Morgan fingerprint density at radius 1 is 1.06 bits per heavy atom. The molecule has 0 fully saturated rings. The highest BCUT2D eigenvalue weighted by atomic mass is 16.4. The summed E-state index contributed by atoms with van der Waals surface area (Å²) in [6, 6.07) is 0. The first-order chi connectivity index (χ1) is 7.45. The standard InChI is InChI=1S/C9H18O.C4H6O2/c1-3-5-7-9(10)8-6-4-2;1-3(2)4(5)6/h3-8H2,1-2H3;1H2,2H3,(H,5,6). The van der Waals surface area contributed by atoms with E-state index >= 15 is 0 Å². The van der Waals surface area contributed by atoms with Crippen molar-refractivity contribution < 1.29 is 14.7 Å². The second-order valence-corrected chi connectivity index (χ2v) is 3.83. The first kappa shape index (κ1) is 17.3. The van der Waals surface area contributed by atoms with Gasteiger partial charge in [0.2, 0.25) is 0 Å². The van der Waals surface area contributed by atoms with Crippen LogP contribution in [0.25, 0.3) is 0 Å². The molecule has 0 radical (unpaired) electrons. The van der Waals surface area contributed by atoms with E-state index in [1.807, 2.05) is 0 Å². The minimum Gasteiger partial charge on any atom is -0.478 e. The van der Waals surface area contributed by atoms with Crippen LogP contribution in [-0.4, -0.2) is 16.9 Å². The molecule has 0 heterocycles. The summed E-state index contributed by atoms with van der Waals surface area (Å²) in [4.78, 5) is 20.6. The Hall–Kier alpha value is -1.12. The monoisotopic (exact) mass is 228 g/mol. The molecule has 0 aromatic rings. The van der Waals surface area contributed by atoms with Crippen molar-refractivity contribution in [2.45, 2.75) is 59.3 Å². The van der Waals surface area contributed by atoms with Crippen molar-refractivity contribution in [3.05, 3.63) is 12.2 Å². The quantitative estimate of drug-likeness (QED) is 0.677. The highest BCUT2D eigenvalue weighted by Crippen LogP contribution is 2.02. The number of unbranched alkanes of at least 4 members (excludes halogenated alkanes) is 2. The highest BCUT2D eigenvalue weighted by Gasteiger charge is 1.98. The molecule has 0 aliphatic heterocycles. The molecule has 0 aromatic heterocycles. The number of Topliss-reactive ketones (excluding diaryl/α,β-unsaturated/α-hetero) is 1. The van der Waals surface area contributed by atoms with Gasteiger partial charge in [0, 0.05) is 18.4 Å². The van der Waals surface area contributed by atoms with Gasteiger partial charge in [-0.1, -0.05) is 33.3 Å². The lowest BCUT2D eigenvalue weighted by Gasteiger charge is -1.96. The van der Waals surface area contributed by atoms with Crippen LogP contribution in [0.15, 0.2) is 12.2 Å². The summed E-state index contributed by atoms with van der Waals surface area (Å²) in [6.07, 6.45) is 6.02. The van der Waals surface area contributed by atoms with E-state index in [9.17, 15) is 9.59 Å². The topological polar surface area (TPSA) is 54.4 Å². The van der Waals surface area contributed by atoms with Crippen LogP contribution in [0.1, 0.15) is 59.3 Å². The van der Waals surface area contributed by atoms with Gasteiger partial charge in [-0.15, -0.1) is 0 Å². The van der Waals surface area contributed by atoms with Crippen LogP contribution in [0.5, 0.6) is 0 Å². The zero-order valence-electron chi connectivity index (χ0n) is 10.7. The van der Waals surface area contributed by atoms with Crippen LogP contribution in [0.3, 0.4) is 0 Å². The molecule has 0 aromatic carbocycles. The van der Waals surface area contributed by atoms with Gasteiger partial charge in [-0.3, -0.25) is 4.79 Å². The van der Waals surface area contributed by atoms with Crippen molar-refractivity contribution in [1.29, 1.82) is 0 Å². The maximum atomic E-state index is 11.0. The summed E-state index contributed by atoms with van der Waals surface area (Å²) < 4.78 is 0. The van der Waals surface area contributed by atoms with Crippen molar-refractivity contribution in [2.24, 2.45) is 0 Å². The van der Waals surface area contributed by atoms with Gasteiger partial charge in [0.15, 0.2) is 0 Å². The third-order valence-corrected chi connectivity index (χ3v) is 1.98. The van der Waals surface area contributed by atoms with Gasteiger partial charge >= 0.3 is 5.97 Å². The zero-order valence-corrected chi connectivity index (χ0v) is 10.7. The van der Waals surface area contributed by atoms with Gasteiger partial charge < -0.3 is 5.11 Å². The largest absolute Gasteiger partial charge is 0.478 e. The number of ketones is 1. The molecule has 0 atom stereocenters. The molecule has 0 aliphatic carbocycles. The van der Waals surface area contributed by atoms with Crippen LogP contribution >= 0.6 is 0 Å². The minimum absolute atomic E-state index is 0.176. The summed E-state index contributed by atoms with van der Waals surface area (Å²) in [5.74, 6) is -0.487. The fourth-order valence-electron chi connectivity index (χ4n) is 0.873. The molecule has 0 bridgehead atoms. The summed E-state index contributed by atoms with van der Waals surface area (Å²) in [6.45, 7) is 8.84. The second kappa shape index (κ2) is 12.0. The Morgan fingerprint density at radius 2 is 1.38 bits per heavy atom. The van der Waals surface area contributed by atoms with Gasteiger partial charge in [0.1, 0.15) is 5.78 Å². The predicted octanol–water partition coefficient (Wildman–Crippen LogP) is 3.58. The number of carboxylic acid groups (broad SMARTS) is 1. The molecule has 0 aliphatic rings. The first-order valence-electron chi connectivity index (χ1n) is 5.86. The van der Waals surface area contributed by atoms with E-state index < -0.39 is 5.97 Å². The molecular weight excluding hydrogens is 204 g/mol. The van der Waals surface area contributed by atoms with E-state index in [-0.39, 0.29) is 5.57 Å². The van der Waals surface area contributed by atoms with Crippen molar-refractivity contribution in [3.8, 4) is 0 Å². The zero-order chi connectivity index (χ0) is 13.0. The van der Waals surface area contributed by atoms with E-state index in [2.05, 4.69) is 20.4 Å². The predicted molar refractivity (Wildman–Crippen MR) is 66.5 cm³/mol. The van der Waals surface area contributed by atoms with E-state index in [1.165, 1.54) is 6.92 Å². The molecular formula is C13H24O3. The molecule has 3 nitrogen and oxygen atoms in total.